The van der Waals surface area contributed by atoms with Gasteiger partial charge in [0.2, 0.25) is 5.82 Å². The fraction of sp³-hybridized carbons (Fsp3) is 0.600. The summed E-state index contributed by atoms with van der Waals surface area (Å²) >= 11 is 0. The monoisotopic (exact) mass is 346 g/mol. The standard InChI is InChI=1S/C15H18N6O4/c1-13(2)14(23)7(5-22)25-12(15(13,14)24)21-6-18-9-10(17-3)19-8(4-16)20-11(9)21/h6-7,12,22-24H,5H2,1-3H3,(H,17,19,20)/t7-,12-,14+,15-/m1/s1. The molecule has 10 nitrogen and oxygen atoms in total. The molecule has 0 amide bonds. The van der Waals surface area contributed by atoms with Gasteiger partial charge >= 0.3 is 0 Å². The van der Waals surface area contributed by atoms with Crippen LogP contribution in [-0.2, 0) is 4.74 Å². The van der Waals surface area contributed by atoms with Gasteiger partial charge in [-0.25, -0.2) is 4.98 Å². The number of anilines is 1. The van der Waals surface area contributed by atoms with E-state index in [-0.39, 0.29) is 11.5 Å². The molecular weight excluding hydrogens is 328 g/mol. The number of aliphatic hydroxyl groups is 3. The summed E-state index contributed by atoms with van der Waals surface area (Å²) in [4.78, 5) is 12.5. The fourth-order valence-corrected chi connectivity index (χ4v) is 4.15. The molecule has 1 aliphatic heterocycles. The SMILES string of the molecule is CNc1nc(C#N)nc2c1ncn2[C@@H]1O[C@H](CO)[C@]2(O)C(C)(C)[C@]12O. The zero-order valence-electron chi connectivity index (χ0n) is 13.9. The Hall–Kier alpha value is -2.32. The highest BCUT2D eigenvalue weighted by molar-refractivity contribution is 5.83. The van der Waals surface area contributed by atoms with Gasteiger partial charge < -0.3 is 25.4 Å². The smallest absolute Gasteiger partial charge is 0.236 e. The second-order valence-corrected chi connectivity index (χ2v) is 6.90. The van der Waals surface area contributed by atoms with E-state index < -0.39 is 35.6 Å². The number of ether oxygens (including phenoxy) is 1. The highest BCUT2D eigenvalue weighted by Crippen LogP contribution is 2.75. The van der Waals surface area contributed by atoms with Gasteiger partial charge in [-0.1, -0.05) is 13.8 Å². The Morgan fingerprint density at radius 2 is 2.08 bits per heavy atom. The van der Waals surface area contributed by atoms with E-state index in [4.69, 9.17) is 10.00 Å². The van der Waals surface area contributed by atoms with Crippen molar-refractivity contribution in [3.63, 3.8) is 0 Å². The van der Waals surface area contributed by atoms with Crippen molar-refractivity contribution in [3.05, 3.63) is 12.2 Å². The lowest BCUT2D eigenvalue weighted by molar-refractivity contribution is -0.123. The molecule has 0 aromatic carbocycles. The van der Waals surface area contributed by atoms with E-state index in [0.29, 0.717) is 11.3 Å². The number of aliphatic hydroxyl groups excluding tert-OH is 1. The molecular formula is C15H18N6O4. The molecule has 2 aromatic heterocycles. The minimum Gasteiger partial charge on any atom is -0.394 e. The molecule has 3 heterocycles. The number of imidazole rings is 1. The third-order valence-corrected chi connectivity index (χ3v) is 5.72. The first-order valence-electron chi connectivity index (χ1n) is 7.81. The topological polar surface area (TPSA) is 149 Å². The van der Waals surface area contributed by atoms with Gasteiger partial charge in [0, 0.05) is 12.5 Å². The van der Waals surface area contributed by atoms with Crippen LogP contribution in [0.25, 0.3) is 11.2 Å². The molecule has 132 valence electrons. The summed E-state index contributed by atoms with van der Waals surface area (Å²) in [6.07, 6.45) is -0.546. The molecule has 0 radical (unpaired) electrons. The first kappa shape index (κ1) is 16.2. The first-order chi connectivity index (χ1) is 11.8. The van der Waals surface area contributed by atoms with E-state index in [9.17, 15) is 15.3 Å². The van der Waals surface area contributed by atoms with Gasteiger partial charge in [0.15, 0.2) is 23.2 Å². The molecule has 10 heteroatoms. The average Bonchev–Trinajstić information content (AvgIpc) is 2.98. The summed E-state index contributed by atoms with van der Waals surface area (Å²) in [5, 5.41) is 43.6. The number of nitrogens with one attached hydrogen (secondary N) is 1. The van der Waals surface area contributed by atoms with E-state index in [2.05, 4.69) is 20.3 Å². The largest absolute Gasteiger partial charge is 0.394 e. The highest BCUT2D eigenvalue weighted by atomic mass is 16.6. The molecule has 2 fully saturated rings. The van der Waals surface area contributed by atoms with Crippen LogP contribution in [0.3, 0.4) is 0 Å². The number of aromatic nitrogens is 4. The van der Waals surface area contributed by atoms with Gasteiger partial charge in [0.1, 0.15) is 23.4 Å². The number of nitrogens with zero attached hydrogens (tertiary/aromatic N) is 5. The Kier molecular flexibility index (Phi) is 3.00. The Morgan fingerprint density at radius 1 is 1.36 bits per heavy atom. The van der Waals surface area contributed by atoms with Crippen LogP contribution in [-0.4, -0.2) is 65.8 Å². The van der Waals surface area contributed by atoms with E-state index in [1.54, 1.807) is 20.9 Å². The summed E-state index contributed by atoms with van der Waals surface area (Å²) in [5.74, 6) is 0.307. The summed E-state index contributed by atoms with van der Waals surface area (Å²) in [7, 11) is 1.64. The maximum atomic E-state index is 11.1. The second-order valence-electron chi connectivity index (χ2n) is 6.90. The molecule has 1 saturated heterocycles. The second kappa shape index (κ2) is 4.64. The summed E-state index contributed by atoms with van der Waals surface area (Å²) in [5.41, 5.74) is -3.42. The van der Waals surface area contributed by atoms with Crippen molar-refractivity contribution in [3.8, 4) is 6.07 Å². The quantitative estimate of drug-likeness (QED) is 0.556. The minimum absolute atomic E-state index is 0.0624. The van der Waals surface area contributed by atoms with E-state index in [1.807, 2.05) is 6.07 Å². The van der Waals surface area contributed by atoms with Crippen molar-refractivity contribution >= 4 is 17.0 Å². The van der Waals surface area contributed by atoms with Crippen molar-refractivity contribution in [2.75, 3.05) is 19.0 Å². The normalized spacial score (nSPS) is 35.4. The fourth-order valence-electron chi connectivity index (χ4n) is 4.15. The maximum absolute atomic E-state index is 11.1. The molecule has 4 atom stereocenters. The van der Waals surface area contributed by atoms with Gasteiger partial charge in [-0.05, 0) is 0 Å². The van der Waals surface area contributed by atoms with E-state index in [1.165, 1.54) is 10.9 Å². The molecule has 4 N–H and O–H groups in total. The zero-order chi connectivity index (χ0) is 18.2. The molecule has 4 rings (SSSR count). The molecule has 1 aliphatic carbocycles. The van der Waals surface area contributed by atoms with Gasteiger partial charge in [-0.15, -0.1) is 0 Å². The number of nitriles is 1. The van der Waals surface area contributed by atoms with E-state index >= 15 is 0 Å². The van der Waals surface area contributed by atoms with Crippen LogP contribution in [0.1, 0.15) is 25.9 Å². The van der Waals surface area contributed by atoms with Crippen molar-refractivity contribution in [2.45, 2.75) is 37.4 Å². The predicted molar refractivity (Wildman–Crippen MR) is 84.3 cm³/mol. The highest BCUT2D eigenvalue weighted by Gasteiger charge is 2.92. The van der Waals surface area contributed by atoms with Gasteiger partial charge in [-0.3, -0.25) is 4.57 Å². The van der Waals surface area contributed by atoms with E-state index in [0.717, 1.165) is 0 Å². The van der Waals surface area contributed by atoms with Crippen molar-refractivity contribution < 1.29 is 20.1 Å². The Balaban J connectivity index is 1.91. The molecule has 2 aromatic rings. The molecule has 0 unspecified atom stereocenters. The van der Waals surface area contributed by atoms with Crippen LogP contribution in [0.5, 0.6) is 0 Å². The van der Waals surface area contributed by atoms with Crippen LogP contribution in [0, 0.1) is 16.7 Å². The van der Waals surface area contributed by atoms with Crippen molar-refractivity contribution in [1.29, 1.82) is 5.26 Å². The van der Waals surface area contributed by atoms with Crippen LogP contribution >= 0.6 is 0 Å². The molecule has 2 aliphatic rings. The van der Waals surface area contributed by atoms with Gasteiger partial charge in [0.25, 0.3) is 0 Å². The lowest BCUT2D eigenvalue weighted by Gasteiger charge is -2.26. The average molecular weight is 346 g/mol. The number of rotatable bonds is 3. The summed E-state index contributed by atoms with van der Waals surface area (Å²) < 4.78 is 7.19. The lowest BCUT2D eigenvalue weighted by Crippen LogP contribution is -2.36. The third-order valence-electron chi connectivity index (χ3n) is 5.72. The number of fused-ring (bicyclic) bond motifs is 2. The summed E-state index contributed by atoms with van der Waals surface area (Å²) in [6, 6.07) is 1.88. The predicted octanol–water partition coefficient (Wildman–Crippen LogP) is -0.869. The summed E-state index contributed by atoms with van der Waals surface area (Å²) in [6.45, 7) is 2.98. The first-order valence-corrected chi connectivity index (χ1v) is 7.81. The number of hydrogen-bond acceptors (Lipinski definition) is 9. The molecule has 0 bridgehead atoms. The Labute approximate surface area is 142 Å². The van der Waals surface area contributed by atoms with Crippen LogP contribution in [0.2, 0.25) is 0 Å². The van der Waals surface area contributed by atoms with Gasteiger partial charge in [-0.2, -0.15) is 15.2 Å². The zero-order valence-corrected chi connectivity index (χ0v) is 13.9. The molecule has 0 spiro atoms. The van der Waals surface area contributed by atoms with Crippen molar-refractivity contribution in [1.82, 2.24) is 19.5 Å². The maximum Gasteiger partial charge on any atom is 0.236 e. The van der Waals surface area contributed by atoms with Gasteiger partial charge in [0.05, 0.1) is 12.9 Å². The van der Waals surface area contributed by atoms with Crippen LogP contribution in [0.4, 0.5) is 5.82 Å². The van der Waals surface area contributed by atoms with Crippen LogP contribution < -0.4 is 5.32 Å². The molecule has 25 heavy (non-hydrogen) atoms. The number of hydrogen-bond donors (Lipinski definition) is 4. The Morgan fingerprint density at radius 3 is 2.64 bits per heavy atom. The molecule has 1 saturated carbocycles. The minimum atomic E-state index is -1.63. The lowest BCUT2D eigenvalue weighted by atomic mass is 10.0. The Bertz CT molecular complexity index is 921. The van der Waals surface area contributed by atoms with Crippen LogP contribution in [0.15, 0.2) is 6.33 Å². The third kappa shape index (κ3) is 1.55. The van der Waals surface area contributed by atoms with Crippen molar-refractivity contribution in [2.24, 2.45) is 5.41 Å².